The van der Waals surface area contributed by atoms with Gasteiger partial charge in [-0.2, -0.15) is 0 Å². The summed E-state index contributed by atoms with van der Waals surface area (Å²) in [7, 11) is 0. The van der Waals surface area contributed by atoms with Crippen molar-refractivity contribution < 1.29 is 46.1 Å². The van der Waals surface area contributed by atoms with Crippen LogP contribution in [-0.2, 0) is 38.5 Å². The third kappa shape index (κ3) is 6.42. The summed E-state index contributed by atoms with van der Waals surface area (Å²) in [5.74, 6) is 0. The Kier molecular flexibility index (Phi) is 10.4. The van der Waals surface area contributed by atoms with Gasteiger partial charge in [-0.25, -0.2) is 0 Å². The molecule has 4 aromatic rings. The van der Waals surface area contributed by atoms with E-state index in [9.17, 15) is 0 Å². The number of hydrogen-bond donors (Lipinski definition) is 0. The van der Waals surface area contributed by atoms with E-state index in [1.165, 1.54) is 70.2 Å². The molecule has 0 unspecified atom stereocenters. The third-order valence-electron chi connectivity index (χ3n) is 10.0. The Bertz CT molecular complexity index is 1840. The van der Waals surface area contributed by atoms with Crippen LogP contribution in [0, 0.1) is 0 Å². The zero-order valence-corrected chi connectivity index (χ0v) is 32.2. The molecule has 0 N–H and O–H groups in total. The van der Waals surface area contributed by atoms with E-state index in [1.54, 1.807) is 17.7 Å². The monoisotopic (exact) mass is 722 g/mol. The van der Waals surface area contributed by atoms with Gasteiger partial charge in [0.1, 0.15) is 0 Å². The molecule has 0 spiro atoms. The van der Waals surface area contributed by atoms with Crippen LogP contribution in [0.5, 0.6) is 0 Å². The van der Waals surface area contributed by atoms with Crippen LogP contribution in [0.1, 0.15) is 95.9 Å². The maximum atomic E-state index is 2.63. The molecule has 0 bridgehead atoms. The van der Waals surface area contributed by atoms with Crippen LogP contribution >= 0.6 is 0 Å². The molecule has 0 aromatic heterocycles. The van der Waals surface area contributed by atoms with E-state index in [0.717, 1.165) is 12.8 Å². The summed E-state index contributed by atoms with van der Waals surface area (Å²) in [5.41, 5.74) is 14.9. The molecule has 0 atom stereocenters. The van der Waals surface area contributed by atoms with Gasteiger partial charge < -0.3 is 24.8 Å². The molecular weight excluding hydrogens is 679 g/mol. The summed E-state index contributed by atoms with van der Waals surface area (Å²) in [4.78, 5) is 0. The van der Waals surface area contributed by atoms with E-state index >= 15 is 0 Å². The number of rotatable bonds is 4. The Hall–Kier alpha value is -2.31. The van der Waals surface area contributed by atoms with Crippen LogP contribution in [0.25, 0.3) is 33.4 Å². The van der Waals surface area contributed by atoms with Gasteiger partial charge in [0.05, 0.1) is 0 Å². The molecule has 3 aliphatic carbocycles. The molecule has 3 aliphatic rings. The first-order valence-corrected chi connectivity index (χ1v) is 20.4. The molecule has 7 rings (SSSR count). The van der Waals surface area contributed by atoms with Gasteiger partial charge in [0.2, 0.25) is 0 Å². The van der Waals surface area contributed by atoms with Crippen LogP contribution in [0.2, 0.25) is 0 Å². The maximum Gasteiger partial charge on any atom is -1.00 e. The van der Waals surface area contributed by atoms with E-state index in [0.29, 0.717) is 0 Å². The minimum atomic E-state index is -2.40. The van der Waals surface area contributed by atoms with Crippen molar-refractivity contribution in [1.82, 2.24) is 0 Å². The van der Waals surface area contributed by atoms with Gasteiger partial charge in [-0.15, -0.1) is 0 Å². The molecule has 0 aliphatic heterocycles. The summed E-state index contributed by atoms with van der Waals surface area (Å²) in [6.07, 6.45) is 14.9. The van der Waals surface area contributed by atoms with E-state index in [4.69, 9.17) is 0 Å². The average molecular weight is 725 g/mol. The molecule has 0 radical (unpaired) electrons. The summed E-state index contributed by atoms with van der Waals surface area (Å²) >= 11 is -2.40. The number of hydrogen-bond acceptors (Lipinski definition) is 0. The van der Waals surface area contributed by atoms with Crippen LogP contribution < -0.4 is 28.1 Å². The van der Waals surface area contributed by atoms with E-state index in [2.05, 4.69) is 139 Å². The first-order valence-electron chi connectivity index (χ1n) is 16.7. The van der Waals surface area contributed by atoms with Crippen molar-refractivity contribution in [2.24, 2.45) is 0 Å². The molecule has 1 fully saturated rings. The van der Waals surface area contributed by atoms with Gasteiger partial charge in [0, 0.05) is 0 Å². The van der Waals surface area contributed by atoms with Crippen LogP contribution in [0.15, 0.2) is 100 Å². The maximum absolute atomic E-state index is 2.63. The SMILES string of the molecule is CC(C)(C)c1cc2c(cc1-c1ccccc1)Cc1c-2cc(C(C)(C)C)c(-c2ccccc2)[c]1[Zr+2]([C]1=CC=CC1)=[C]1CCCC1.[Cl-].[Cl-]. The molecule has 236 valence electrons. The quantitative estimate of drug-likeness (QED) is 0.244. The predicted molar refractivity (Wildman–Crippen MR) is 188 cm³/mol. The minimum absolute atomic E-state index is 0. The molecule has 0 heterocycles. The van der Waals surface area contributed by atoms with Gasteiger partial charge in [0.25, 0.3) is 0 Å². The zero-order chi connectivity index (χ0) is 30.6. The number of fused-ring (bicyclic) bond motifs is 3. The van der Waals surface area contributed by atoms with Crippen molar-refractivity contribution in [3.63, 3.8) is 0 Å². The van der Waals surface area contributed by atoms with Gasteiger partial charge in [0.15, 0.2) is 0 Å². The van der Waals surface area contributed by atoms with Crippen molar-refractivity contribution >= 4 is 6.48 Å². The molecule has 1 saturated carbocycles. The number of halogens is 2. The molecule has 4 aromatic carbocycles. The van der Waals surface area contributed by atoms with Gasteiger partial charge in [-0.3, -0.25) is 0 Å². The minimum Gasteiger partial charge on any atom is -1.00 e. The fraction of sp³-hybridized carbons (Fsp3) is 0.326. The predicted octanol–water partition coefficient (Wildman–Crippen LogP) is 5.03. The number of benzene rings is 4. The Morgan fingerprint density at radius 3 is 1.78 bits per heavy atom. The second-order valence-corrected chi connectivity index (χ2v) is 21.6. The fourth-order valence-corrected chi connectivity index (χ4v) is 16.8. The van der Waals surface area contributed by atoms with E-state index < -0.39 is 21.3 Å². The van der Waals surface area contributed by atoms with Gasteiger partial charge in [-0.1, -0.05) is 0 Å². The van der Waals surface area contributed by atoms with Crippen molar-refractivity contribution in [3.05, 3.63) is 123 Å². The van der Waals surface area contributed by atoms with Gasteiger partial charge >= 0.3 is 275 Å². The average Bonchev–Trinajstić information content (AvgIpc) is 3.79. The molecule has 0 amide bonds. The number of allylic oxidation sites excluding steroid dienone is 4. The van der Waals surface area contributed by atoms with Gasteiger partial charge in [-0.05, 0) is 0 Å². The fourth-order valence-electron chi connectivity index (χ4n) is 7.88. The normalized spacial score (nSPS) is 15.0. The Balaban J connectivity index is 0.00000208. The van der Waals surface area contributed by atoms with Crippen molar-refractivity contribution in [1.29, 1.82) is 0 Å². The van der Waals surface area contributed by atoms with Crippen molar-refractivity contribution in [2.75, 3.05) is 0 Å². The summed E-state index contributed by atoms with van der Waals surface area (Å²) in [6, 6.07) is 30.3. The third-order valence-corrected chi connectivity index (χ3v) is 18.0. The summed E-state index contributed by atoms with van der Waals surface area (Å²) in [5, 5.41) is 0. The Morgan fingerprint density at radius 1 is 0.630 bits per heavy atom. The van der Waals surface area contributed by atoms with Crippen LogP contribution in [0.3, 0.4) is 0 Å². The molecule has 0 nitrogen and oxygen atoms in total. The standard InChI is InChI=1S/C33H33.C5H8.C5H5.2ClH.Zr/c1-32(2,3)30-20-26-24(18-28(30)22-13-9-7-10-14-22)17-25-19-29(23-15-11-8-12-16-23)31(21-27(25)26)33(4,5)6;2*1-2-4-5-3-1;;;/h7-16,18,20-21H,17H2,1-6H3;1-4H2;1-3H,4H2;2*1H;/q;;;;;+2/p-2. The Morgan fingerprint density at radius 2 is 1.22 bits per heavy atom. The van der Waals surface area contributed by atoms with E-state index in [-0.39, 0.29) is 35.6 Å². The van der Waals surface area contributed by atoms with Crippen molar-refractivity contribution in [2.45, 2.75) is 90.9 Å². The summed E-state index contributed by atoms with van der Waals surface area (Å²) < 4.78 is 5.53. The van der Waals surface area contributed by atoms with E-state index in [1.807, 2.05) is 3.21 Å². The summed E-state index contributed by atoms with van der Waals surface area (Å²) in [6.45, 7) is 14.4. The zero-order valence-electron chi connectivity index (χ0n) is 28.2. The molecule has 0 saturated heterocycles. The second-order valence-electron chi connectivity index (χ2n) is 15.2. The largest absolute Gasteiger partial charge is 1.00 e. The van der Waals surface area contributed by atoms with Crippen LogP contribution in [0.4, 0.5) is 0 Å². The first-order chi connectivity index (χ1) is 21.1. The smallest absolute Gasteiger partial charge is 1.00 e. The first kappa shape index (κ1) is 35.0. The molecule has 3 heteroatoms. The topological polar surface area (TPSA) is 0 Å². The van der Waals surface area contributed by atoms with Crippen molar-refractivity contribution in [3.8, 4) is 33.4 Å². The van der Waals surface area contributed by atoms with Crippen LogP contribution in [-0.4, -0.2) is 3.21 Å². The second kappa shape index (κ2) is 13.7. The molecule has 46 heavy (non-hydrogen) atoms. The Labute approximate surface area is 297 Å². The molecular formula is C43H46Cl2Zr.